The van der Waals surface area contributed by atoms with Crippen molar-refractivity contribution in [1.29, 1.82) is 0 Å². The molecule has 19 nitrogen and oxygen atoms in total. The van der Waals surface area contributed by atoms with Crippen LogP contribution >= 0.6 is 48.4 Å². The number of nitrogens with zero attached hydrogens (tertiary/aromatic N) is 7. The van der Waals surface area contributed by atoms with Gasteiger partial charge in [-0.25, -0.2) is 24.0 Å². The predicted molar refractivity (Wildman–Crippen MR) is 264 cm³/mol. The van der Waals surface area contributed by atoms with Crippen molar-refractivity contribution in [2.24, 2.45) is 40.1 Å². The lowest BCUT2D eigenvalue weighted by Crippen LogP contribution is -2.46. The van der Waals surface area contributed by atoms with Gasteiger partial charge < -0.3 is 53.9 Å². The third kappa shape index (κ3) is 23.5. The van der Waals surface area contributed by atoms with Crippen LogP contribution in [0.1, 0.15) is 90.7 Å². The van der Waals surface area contributed by atoms with Crippen LogP contribution in [0.2, 0.25) is 0 Å². The molecule has 3 aliphatic heterocycles. The molecule has 1 fully saturated rings. The highest BCUT2D eigenvalue weighted by atomic mass is 32.2. The number of carbonyl (C=O) groups is 1. The molecule has 0 saturated carbocycles. The van der Waals surface area contributed by atoms with Crippen molar-refractivity contribution >= 4 is 80.4 Å². The lowest BCUT2D eigenvalue weighted by molar-refractivity contribution is 0.0687. The summed E-state index contributed by atoms with van der Waals surface area (Å²) in [6.07, 6.45) is 4.93. The number of alkyl halides is 1. The molecule has 24 heteroatoms. The maximum Gasteiger partial charge on any atom is 0.356 e. The van der Waals surface area contributed by atoms with Gasteiger partial charge in [-0.15, -0.1) is 5.10 Å². The number of rotatable bonds is 5. The number of aromatic carboxylic acids is 1. The number of amidine groups is 1. The zero-order chi connectivity index (χ0) is 49.2. The molecule has 62 heavy (non-hydrogen) atoms. The van der Waals surface area contributed by atoms with Crippen molar-refractivity contribution in [2.75, 3.05) is 84.6 Å². The number of thiocarbonyl (C=S) groups is 3. The van der Waals surface area contributed by atoms with Gasteiger partial charge in [-0.2, -0.15) is 0 Å². The number of imidazole rings is 2. The minimum atomic E-state index is -1.06. The van der Waals surface area contributed by atoms with Crippen molar-refractivity contribution in [3.8, 4) is 0 Å². The van der Waals surface area contributed by atoms with Crippen LogP contribution in [0.25, 0.3) is 5.52 Å². The normalized spacial score (nSPS) is 15.9. The highest BCUT2D eigenvalue weighted by Gasteiger charge is 2.21. The van der Waals surface area contributed by atoms with E-state index in [1.165, 1.54) is 6.20 Å². The van der Waals surface area contributed by atoms with Crippen molar-refractivity contribution in [3.63, 3.8) is 0 Å². The number of hydrogen-bond donors (Lipinski definition) is 10. The maximum absolute atomic E-state index is 12.4. The van der Waals surface area contributed by atoms with Crippen LogP contribution in [-0.2, 0) is 6.54 Å². The predicted octanol–water partition coefficient (Wildman–Crippen LogP) is 2.90. The van der Waals surface area contributed by atoms with Gasteiger partial charge in [0.05, 0.1) is 20.9 Å². The van der Waals surface area contributed by atoms with E-state index in [-0.39, 0.29) is 23.1 Å². The minimum Gasteiger partial charge on any atom is -0.476 e. The topological polar surface area (TPSA) is 286 Å². The second-order valence-electron chi connectivity index (χ2n) is 14.3. The molecule has 0 bridgehead atoms. The first-order chi connectivity index (χ1) is 29.9. The standard InChI is InChI=1S/C12H17N5O.C7H11N3O2.C6H12N2S.C5H10N2S.C4H12N2.CH3F.2CH4O.CS2/c1-7(2)10-13-5-9-11(18)16-6-8(3)4-14-12(16)15-17(9)10;1-4(2)6-9-3-5(7(11)12)10(6)8;1-5-3-7-6(9-2)8-4-5;1-4-2-6-5(8)7-3-4;1-4(2-5)3-6;3*1-2;2-1-3/h5,7-8H,4,6H2,1-3H3,(H,14,15);3-4H,8H2,1-2H3,(H,11,12);5H,3-4H2,1-2H3,(H,7,8);4H,2-3H2,1H3,(H2,6,7,8);4H,2-3,5-6H2,1H3;1H3;2*2H,1H3;/i;;;;;1D;;;. The van der Waals surface area contributed by atoms with Crippen molar-refractivity contribution in [2.45, 2.75) is 73.8 Å². The van der Waals surface area contributed by atoms with Crippen LogP contribution < -0.4 is 44.1 Å². The SMILES string of the molecule is CC(C)c1ncc(C(=O)O)n1N.CC(CN)CN.CC1CNC(=S)NC1.CC1CNc2nn3c(C(C)C)ncc3c(=O)n2C1.CO.CO.CSC1=NCC(C)CN1.S=C=S.[2H]CF. The van der Waals surface area contributed by atoms with Crippen LogP contribution in [0.3, 0.4) is 0 Å². The molecule has 3 aromatic rings. The molecule has 0 aliphatic carbocycles. The van der Waals surface area contributed by atoms with E-state index in [2.05, 4.69) is 86.5 Å². The first-order valence-electron chi connectivity index (χ1n) is 20.3. The minimum absolute atomic E-state index is 0.0127. The summed E-state index contributed by atoms with van der Waals surface area (Å²) in [6, 6.07) is 0. The molecule has 2 atom stereocenters. The summed E-state index contributed by atoms with van der Waals surface area (Å²) in [5.74, 6) is 9.18. The zero-order valence-corrected chi connectivity index (χ0v) is 41.3. The van der Waals surface area contributed by atoms with Gasteiger partial charge in [0.1, 0.15) is 11.6 Å². The largest absolute Gasteiger partial charge is 0.476 e. The van der Waals surface area contributed by atoms with Gasteiger partial charge in [0.2, 0.25) is 5.95 Å². The van der Waals surface area contributed by atoms with Crippen molar-refractivity contribution < 1.29 is 25.9 Å². The lowest BCUT2D eigenvalue weighted by Gasteiger charge is -2.24. The molecular formula is C38H73FN14O5S4. The molecule has 356 valence electrons. The number of nitrogens with two attached hydrogens (primary N) is 3. The number of carboxylic acid groups (broad SMARTS) is 1. The number of halogens is 1. The summed E-state index contributed by atoms with van der Waals surface area (Å²) in [7, 11) is 1.00. The van der Waals surface area contributed by atoms with E-state index in [1.807, 2.05) is 45.2 Å². The average molecular weight is 954 g/mol. The Labute approximate surface area is 388 Å². The molecule has 2 unspecified atom stereocenters. The number of thioether (sulfide) groups is 1. The Morgan fingerprint density at radius 3 is 1.79 bits per heavy atom. The van der Waals surface area contributed by atoms with E-state index in [9.17, 15) is 14.0 Å². The highest BCUT2D eigenvalue weighted by molar-refractivity contribution is 8.13. The van der Waals surface area contributed by atoms with Gasteiger partial charge >= 0.3 is 5.97 Å². The van der Waals surface area contributed by atoms with Gasteiger partial charge in [0.15, 0.2) is 21.5 Å². The first kappa shape index (κ1) is 60.2. The van der Waals surface area contributed by atoms with E-state index in [4.69, 9.17) is 46.2 Å². The average Bonchev–Trinajstić information content (AvgIpc) is 3.89. The third-order valence-corrected chi connectivity index (χ3v) is 9.18. The van der Waals surface area contributed by atoms with Crippen molar-refractivity contribution in [1.82, 2.24) is 44.8 Å². The fraction of sp³-hybridized carbons (Fsp3) is 0.684. The number of aliphatic hydroxyl groups is 2. The number of hydrogen-bond acceptors (Lipinski definition) is 17. The number of carboxylic acids is 1. The summed E-state index contributed by atoms with van der Waals surface area (Å²) in [5.41, 5.74) is 11.0. The van der Waals surface area contributed by atoms with Gasteiger partial charge in [-0.1, -0.05) is 67.2 Å². The summed E-state index contributed by atoms with van der Waals surface area (Å²) >= 11 is 14.4. The molecule has 0 spiro atoms. The molecule has 0 radical (unpaired) electrons. The third-order valence-electron chi connectivity index (χ3n) is 8.23. The fourth-order valence-corrected chi connectivity index (χ4v) is 5.41. The van der Waals surface area contributed by atoms with Gasteiger partial charge in [-0.3, -0.25) is 18.7 Å². The molecular weight excluding hydrogens is 880 g/mol. The number of fused-ring (bicyclic) bond motifs is 2. The Morgan fingerprint density at radius 2 is 1.42 bits per heavy atom. The second-order valence-corrected chi connectivity index (χ2v) is 16.2. The summed E-state index contributed by atoms with van der Waals surface area (Å²) in [5, 5.41) is 41.5. The van der Waals surface area contributed by atoms with E-state index >= 15 is 0 Å². The Hall–Kier alpha value is -3.87. The Balaban J connectivity index is -0.000000707. The van der Waals surface area contributed by atoms with Crippen LogP contribution in [0.15, 0.2) is 22.2 Å². The number of aliphatic imine (C=N–C) groups is 1. The fourth-order valence-electron chi connectivity index (χ4n) is 4.81. The Kier molecular flexibility index (Phi) is 35.5. The van der Waals surface area contributed by atoms with E-state index in [0.717, 1.165) is 67.7 Å². The molecule has 0 amide bonds. The lowest BCUT2D eigenvalue weighted by atomic mass is 10.1. The Bertz CT molecular complexity index is 1810. The van der Waals surface area contributed by atoms with E-state index < -0.39 is 13.1 Å². The molecule has 0 aromatic carbocycles. The van der Waals surface area contributed by atoms with E-state index in [1.54, 1.807) is 27.0 Å². The van der Waals surface area contributed by atoms with Gasteiger partial charge in [-0.05, 0) is 79.7 Å². The quantitative estimate of drug-likeness (QED) is 0.130. The second kappa shape index (κ2) is 36.6. The highest BCUT2D eigenvalue weighted by Crippen LogP contribution is 2.17. The number of aliphatic hydroxyl groups excluding tert-OH is 2. The molecule has 6 rings (SSSR count). The van der Waals surface area contributed by atoms with Crippen LogP contribution in [0.5, 0.6) is 0 Å². The number of aromatic nitrogens is 6. The Morgan fingerprint density at radius 1 is 0.935 bits per heavy atom. The van der Waals surface area contributed by atoms with Crippen LogP contribution in [-0.4, -0.2) is 138 Å². The summed E-state index contributed by atoms with van der Waals surface area (Å²) < 4.78 is 21.9. The summed E-state index contributed by atoms with van der Waals surface area (Å²) in [6.45, 7) is 23.5. The molecule has 1 saturated heterocycles. The van der Waals surface area contributed by atoms with E-state index in [0.29, 0.717) is 60.6 Å². The molecule has 6 heterocycles. The zero-order valence-electron chi connectivity index (χ0n) is 39.0. The van der Waals surface area contributed by atoms with Crippen molar-refractivity contribution in [3.05, 3.63) is 40.1 Å². The molecule has 3 aliphatic rings. The number of nitrogens with one attached hydrogen (secondary N) is 4. The first-order valence-corrected chi connectivity index (χ1v) is 22.1. The van der Waals surface area contributed by atoms with Crippen LogP contribution in [0, 0.1) is 23.7 Å². The smallest absolute Gasteiger partial charge is 0.356 e. The maximum atomic E-state index is 12.4. The number of anilines is 1. The van der Waals surface area contributed by atoms with Gasteiger partial charge in [0.25, 0.3) is 5.56 Å². The molecule has 3 aromatic heterocycles. The van der Waals surface area contributed by atoms with Gasteiger partial charge in [0, 0.05) is 69.6 Å². The molecule has 13 N–H and O–H groups in total. The van der Waals surface area contributed by atoms with Crippen LogP contribution in [0.4, 0.5) is 10.3 Å². The summed E-state index contributed by atoms with van der Waals surface area (Å²) in [4.78, 5) is 35.4. The number of nitrogen functional groups attached to an aromatic ring is 1. The monoisotopic (exact) mass is 953 g/mol.